The molecule has 0 aromatic carbocycles. The SMILES string of the molecule is CN(C)C(=O)NCCNC(=O)C1CC(C(=O)O)=NO1. The summed E-state index contributed by atoms with van der Waals surface area (Å²) in [4.78, 5) is 39.4. The molecule has 0 aromatic rings. The molecule has 106 valence electrons. The molecule has 1 aliphatic rings. The first-order valence-electron chi connectivity index (χ1n) is 5.60. The molecular formula is C10H16N4O5. The number of hydrogen-bond acceptors (Lipinski definition) is 5. The number of carbonyl (C=O) groups excluding carboxylic acids is 2. The van der Waals surface area contributed by atoms with Crippen LogP contribution >= 0.6 is 0 Å². The number of aliphatic carboxylic acids is 1. The minimum absolute atomic E-state index is 0.0643. The second kappa shape index (κ2) is 6.57. The summed E-state index contributed by atoms with van der Waals surface area (Å²) in [6, 6.07) is -0.261. The maximum Gasteiger partial charge on any atom is 0.353 e. The molecule has 0 radical (unpaired) electrons. The summed E-state index contributed by atoms with van der Waals surface area (Å²) >= 11 is 0. The van der Waals surface area contributed by atoms with Crippen molar-refractivity contribution in [2.75, 3.05) is 27.2 Å². The van der Waals surface area contributed by atoms with E-state index in [1.165, 1.54) is 4.90 Å². The number of oxime groups is 1. The Hall–Kier alpha value is -2.32. The van der Waals surface area contributed by atoms with E-state index in [9.17, 15) is 14.4 Å². The van der Waals surface area contributed by atoms with E-state index in [2.05, 4.69) is 15.8 Å². The minimum atomic E-state index is -1.20. The molecule has 3 N–H and O–H groups in total. The van der Waals surface area contributed by atoms with Gasteiger partial charge in [0.1, 0.15) is 0 Å². The quantitative estimate of drug-likeness (QED) is 0.532. The van der Waals surface area contributed by atoms with Gasteiger partial charge < -0.3 is 25.5 Å². The van der Waals surface area contributed by atoms with Gasteiger partial charge in [-0.2, -0.15) is 0 Å². The van der Waals surface area contributed by atoms with E-state index in [4.69, 9.17) is 9.94 Å². The molecule has 3 amide bonds. The second-order valence-electron chi connectivity index (χ2n) is 4.06. The van der Waals surface area contributed by atoms with Gasteiger partial charge in [0, 0.05) is 33.6 Å². The number of amides is 3. The van der Waals surface area contributed by atoms with Crippen LogP contribution in [0.5, 0.6) is 0 Å². The van der Waals surface area contributed by atoms with Gasteiger partial charge in [0.2, 0.25) is 6.10 Å². The third-order valence-electron chi connectivity index (χ3n) is 2.31. The Balaban J connectivity index is 2.20. The van der Waals surface area contributed by atoms with E-state index >= 15 is 0 Å². The van der Waals surface area contributed by atoms with Crippen LogP contribution in [0.1, 0.15) is 6.42 Å². The Morgan fingerprint density at radius 1 is 1.37 bits per heavy atom. The van der Waals surface area contributed by atoms with Crippen LogP contribution < -0.4 is 10.6 Å². The molecule has 1 atom stereocenters. The number of carboxylic acids is 1. The van der Waals surface area contributed by atoms with E-state index in [-0.39, 0.29) is 31.3 Å². The van der Waals surface area contributed by atoms with Crippen molar-refractivity contribution in [2.45, 2.75) is 12.5 Å². The summed E-state index contributed by atoms with van der Waals surface area (Å²) in [5.74, 6) is -1.66. The highest BCUT2D eigenvalue weighted by molar-refractivity contribution is 6.36. The molecule has 1 unspecified atom stereocenters. The molecule has 0 aliphatic carbocycles. The summed E-state index contributed by atoms with van der Waals surface area (Å²) in [6.45, 7) is 0.489. The van der Waals surface area contributed by atoms with Gasteiger partial charge in [-0.05, 0) is 0 Å². The first kappa shape index (κ1) is 14.7. The lowest BCUT2D eigenvalue weighted by Gasteiger charge is -2.13. The zero-order valence-electron chi connectivity index (χ0n) is 10.7. The lowest BCUT2D eigenvalue weighted by molar-refractivity contribution is -0.131. The number of rotatable bonds is 5. The van der Waals surface area contributed by atoms with Gasteiger partial charge in [0.05, 0.1) is 0 Å². The molecule has 1 rings (SSSR count). The maximum atomic E-state index is 11.6. The maximum absolute atomic E-state index is 11.6. The fourth-order valence-corrected chi connectivity index (χ4v) is 1.27. The Morgan fingerprint density at radius 2 is 2.00 bits per heavy atom. The van der Waals surface area contributed by atoms with E-state index in [0.717, 1.165) is 0 Å². The molecule has 0 bridgehead atoms. The highest BCUT2D eigenvalue weighted by Gasteiger charge is 2.31. The van der Waals surface area contributed by atoms with E-state index < -0.39 is 18.0 Å². The van der Waals surface area contributed by atoms with Gasteiger partial charge in [-0.3, -0.25) is 4.79 Å². The Bertz CT molecular complexity index is 407. The van der Waals surface area contributed by atoms with Crippen molar-refractivity contribution in [1.29, 1.82) is 0 Å². The van der Waals surface area contributed by atoms with Crippen molar-refractivity contribution in [3.05, 3.63) is 0 Å². The van der Waals surface area contributed by atoms with Crippen molar-refractivity contribution in [3.63, 3.8) is 0 Å². The van der Waals surface area contributed by atoms with Gasteiger partial charge in [-0.15, -0.1) is 0 Å². The van der Waals surface area contributed by atoms with Crippen molar-refractivity contribution < 1.29 is 24.3 Å². The lowest BCUT2D eigenvalue weighted by Crippen LogP contribution is -2.42. The first-order valence-corrected chi connectivity index (χ1v) is 5.60. The second-order valence-corrected chi connectivity index (χ2v) is 4.06. The summed E-state index contributed by atoms with van der Waals surface area (Å²) in [5, 5.41) is 17.0. The predicted molar refractivity (Wildman–Crippen MR) is 64.7 cm³/mol. The third-order valence-corrected chi connectivity index (χ3v) is 2.31. The fourth-order valence-electron chi connectivity index (χ4n) is 1.27. The van der Waals surface area contributed by atoms with Crippen molar-refractivity contribution in [3.8, 4) is 0 Å². The first-order chi connectivity index (χ1) is 8.91. The van der Waals surface area contributed by atoms with Gasteiger partial charge in [-0.1, -0.05) is 5.16 Å². The number of carboxylic acid groups (broad SMARTS) is 1. The van der Waals surface area contributed by atoms with E-state index in [1.54, 1.807) is 14.1 Å². The van der Waals surface area contributed by atoms with Gasteiger partial charge >= 0.3 is 12.0 Å². The highest BCUT2D eigenvalue weighted by atomic mass is 16.6. The predicted octanol–water partition coefficient (Wildman–Crippen LogP) is -1.40. The highest BCUT2D eigenvalue weighted by Crippen LogP contribution is 2.10. The summed E-state index contributed by atoms with van der Waals surface area (Å²) in [5.41, 5.74) is -0.180. The Kier molecular flexibility index (Phi) is 5.10. The summed E-state index contributed by atoms with van der Waals surface area (Å²) < 4.78 is 0. The standard InChI is InChI=1S/C10H16N4O5/c1-14(2)10(18)12-4-3-11-8(15)7-5-6(9(16)17)13-19-7/h7H,3-5H2,1-2H3,(H,11,15)(H,12,18)(H,16,17). The minimum Gasteiger partial charge on any atom is -0.477 e. The molecule has 0 saturated carbocycles. The van der Waals surface area contributed by atoms with Crippen molar-refractivity contribution in [2.24, 2.45) is 5.16 Å². The molecule has 1 heterocycles. The number of urea groups is 1. The van der Waals surface area contributed by atoms with Crippen LogP contribution in [0.2, 0.25) is 0 Å². The van der Waals surface area contributed by atoms with Crippen LogP contribution in [0.25, 0.3) is 0 Å². The average molecular weight is 272 g/mol. The Labute approximate surface area is 109 Å². The van der Waals surface area contributed by atoms with Gasteiger partial charge in [0.25, 0.3) is 5.91 Å². The van der Waals surface area contributed by atoms with Crippen LogP contribution in [-0.4, -0.2) is 66.9 Å². The van der Waals surface area contributed by atoms with Crippen LogP contribution in [0.4, 0.5) is 4.79 Å². The molecule has 9 heteroatoms. The monoisotopic (exact) mass is 272 g/mol. The van der Waals surface area contributed by atoms with Gasteiger partial charge in [0.15, 0.2) is 5.71 Å². The van der Waals surface area contributed by atoms with E-state index in [1.807, 2.05) is 0 Å². The zero-order chi connectivity index (χ0) is 14.4. The number of nitrogens with zero attached hydrogens (tertiary/aromatic N) is 2. The van der Waals surface area contributed by atoms with E-state index in [0.29, 0.717) is 0 Å². The van der Waals surface area contributed by atoms with Crippen molar-refractivity contribution >= 4 is 23.6 Å². The fraction of sp³-hybridized carbons (Fsp3) is 0.600. The van der Waals surface area contributed by atoms with Crippen LogP contribution in [0.3, 0.4) is 0 Å². The molecule has 9 nitrogen and oxygen atoms in total. The smallest absolute Gasteiger partial charge is 0.353 e. The lowest BCUT2D eigenvalue weighted by atomic mass is 10.2. The third kappa shape index (κ3) is 4.45. The van der Waals surface area contributed by atoms with Crippen LogP contribution in [0.15, 0.2) is 5.16 Å². The molecule has 0 saturated heterocycles. The normalized spacial score (nSPS) is 17.2. The molecule has 1 aliphatic heterocycles. The van der Waals surface area contributed by atoms with Gasteiger partial charge in [-0.25, -0.2) is 9.59 Å². The summed E-state index contributed by atoms with van der Waals surface area (Å²) in [7, 11) is 3.20. The number of nitrogens with one attached hydrogen (secondary N) is 2. The molecule has 0 spiro atoms. The summed E-state index contributed by atoms with van der Waals surface area (Å²) in [6.07, 6.45) is -0.985. The Morgan fingerprint density at radius 3 is 2.53 bits per heavy atom. The van der Waals surface area contributed by atoms with Crippen LogP contribution in [-0.2, 0) is 14.4 Å². The van der Waals surface area contributed by atoms with Crippen molar-refractivity contribution in [1.82, 2.24) is 15.5 Å². The average Bonchev–Trinajstić information content (AvgIpc) is 2.83. The number of hydrogen-bond donors (Lipinski definition) is 3. The number of carbonyl (C=O) groups is 3. The zero-order valence-corrected chi connectivity index (χ0v) is 10.7. The molecular weight excluding hydrogens is 256 g/mol. The topological polar surface area (TPSA) is 120 Å². The molecule has 0 aromatic heterocycles. The largest absolute Gasteiger partial charge is 0.477 e. The van der Waals surface area contributed by atoms with Crippen LogP contribution in [0, 0.1) is 0 Å². The molecule has 19 heavy (non-hydrogen) atoms. The molecule has 0 fully saturated rings.